The second-order valence-corrected chi connectivity index (χ2v) is 6.68. The summed E-state index contributed by atoms with van der Waals surface area (Å²) in [7, 11) is 0. The van der Waals surface area contributed by atoms with Crippen molar-refractivity contribution in [3.8, 4) is 16.9 Å². The first-order chi connectivity index (χ1) is 13.2. The van der Waals surface area contributed by atoms with Gasteiger partial charge in [0, 0.05) is 11.1 Å². The normalized spacial score (nSPS) is 12.6. The van der Waals surface area contributed by atoms with Crippen LogP contribution < -0.4 is 0 Å². The van der Waals surface area contributed by atoms with E-state index in [1.165, 1.54) is 0 Å². The van der Waals surface area contributed by atoms with Gasteiger partial charge in [-0.15, -0.1) is 0 Å². The monoisotopic (exact) mass is 352 g/mol. The number of esters is 1. The largest absolute Gasteiger partial charge is 0.507 e. The number of aromatic hydroxyl groups is 1. The van der Waals surface area contributed by atoms with Crippen molar-refractivity contribution in [1.82, 2.24) is 0 Å². The van der Waals surface area contributed by atoms with E-state index in [-0.39, 0.29) is 11.3 Å². The molecule has 0 aromatic heterocycles. The lowest BCUT2D eigenvalue weighted by atomic mass is 10.1. The number of phenolic OH excluding ortho intramolecular Hbond substituents is 1. The molecular weight excluding hydrogens is 336 g/mol. The van der Waals surface area contributed by atoms with Crippen LogP contribution in [0.5, 0.6) is 5.75 Å². The standard InChI is InChI=1S/C24H16O3/c25-22-14-16-8-2-1-7-15(16)13-21(22)24(26)27-23-19-11-5-3-9-17(19)18-10-4-6-12-20(18)23/h1-14,23,25H. The van der Waals surface area contributed by atoms with Crippen LogP contribution in [0.15, 0.2) is 84.9 Å². The van der Waals surface area contributed by atoms with E-state index in [0.717, 1.165) is 33.0 Å². The number of carbonyl (C=O) groups excluding carboxylic acids is 1. The Labute approximate surface area is 156 Å². The number of carbonyl (C=O) groups is 1. The van der Waals surface area contributed by atoms with Gasteiger partial charge in [-0.3, -0.25) is 0 Å². The van der Waals surface area contributed by atoms with Crippen LogP contribution in [0, 0.1) is 0 Å². The van der Waals surface area contributed by atoms with Gasteiger partial charge in [-0.25, -0.2) is 4.79 Å². The van der Waals surface area contributed by atoms with Crippen molar-refractivity contribution in [1.29, 1.82) is 0 Å². The third-order valence-electron chi connectivity index (χ3n) is 5.09. The van der Waals surface area contributed by atoms with Crippen molar-refractivity contribution in [2.75, 3.05) is 0 Å². The first-order valence-corrected chi connectivity index (χ1v) is 8.83. The van der Waals surface area contributed by atoms with Crippen molar-refractivity contribution >= 4 is 16.7 Å². The molecule has 0 heterocycles. The first-order valence-electron chi connectivity index (χ1n) is 8.83. The Morgan fingerprint density at radius 3 is 1.89 bits per heavy atom. The van der Waals surface area contributed by atoms with Gasteiger partial charge in [0.1, 0.15) is 11.3 Å². The van der Waals surface area contributed by atoms with E-state index in [1.54, 1.807) is 12.1 Å². The third-order valence-corrected chi connectivity index (χ3v) is 5.09. The summed E-state index contributed by atoms with van der Waals surface area (Å²) in [5.41, 5.74) is 4.26. The molecule has 0 radical (unpaired) electrons. The molecule has 0 atom stereocenters. The Hall–Kier alpha value is -3.59. The molecule has 27 heavy (non-hydrogen) atoms. The van der Waals surface area contributed by atoms with E-state index in [1.807, 2.05) is 72.8 Å². The van der Waals surface area contributed by atoms with Crippen LogP contribution in [-0.4, -0.2) is 11.1 Å². The van der Waals surface area contributed by atoms with Gasteiger partial charge >= 0.3 is 5.97 Å². The summed E-state index contributed by atoms with van der Waals surface area (Å²) in [6.45, 7) is 0. The van der Waals surface area contributed by atoms with Crippen molar-refractivity contribution in [2.24, 2.45) is 0 Å². The Balaban J connectivity index is 1.56. The topological polar surface area (TPSA) is 46.5 Å². The van der Waals surface area contributed by atoms with Gasteiger partial charge < -0.3 is 9.84 Å². The summed E-state index contributed by atoms with van der Waals surface area (Å²) < 4.78 is 5.88. The van der Waals surface area contributed by atoms with Crippen LogP contribution in [-0.2, 0) is 4.74 Å². The highest BCUT2D eigenvalue weighted by molar-refractivity contribution is 5.99. The van der Waals surface area contributed by atoms with Crippen LogP contribution in [0.3, 0.4) is 0 Å². The lowest BCUT2D eigenvalue weighted by Gasteiger charge is -2.16. The molecule has 0 fully saturated rings. The number of hydrogen-bond acceptors (Lipinski definition) is 3. The zero-order valence-electron chi connectivity index (χ0n) is 14.4. The SMILES string of the molecule is O=C(OC1c2ccccc2-c2ccccc21)c1cc2ccccc2cc1O. The average molecular weight is 352 g/mol. The number of rotatable bonds is 2. The molecular formula is C24H16O3. The summed E-state index contributed by atoms with van der Waals surface area (Å²) in [4.78, 5) is 12.9. The number of hydrogen-bond donors (Lipinski definition) is 1. The van der Waals surface area contributed by atoms with Crippen LogP contribution in [0.1, 0.15) is 27.6 Å². The van der Waals surface area contributed by atoms with E-state index >= 15 is 0 Å². The fourth-order valence-corrected chi connectivity index (χ4v) is 3.80. The molecule has 0 amide bonds. The van der Waals surface area contributed by atoms with Crippen molar-refractivity contribution in [2.45, 2.75) is 6.10 Å². The van der Waals surface area contributed by atoms with Gasteiger partial charge in [0.25, 0.3) is 0 Å². The second kappa shape index (κ2) is 5.99. The predicted molar refractivity (Wildman–Crippen MR) is 105 cm³/mol. The van der Waals surface area contributed by atoms with Gasteiger partial charge in [-0.2, -0.15) is 0 Å². The zero-order chi connectivity index (χ0) is 18.4. The van der Waals surface area contributed by atoms with E-state index < -0.39 is 12.1 Å². The summed E-state index contributed by atoms with van der Waals surface area (Å²) in [6.07, 6.45) is -0.476. The van der Waals surface area contributed by atoms with Crippen molar-refractivity contribution in [3.05, 3.63) is 102 Å². The summed E-state index contributed by atoms with van der Waals surface area (Å²) in [6, 6.07) is 26.8. The number of benzene rings is 4. The Kier molecular flexibility index (Phi) is 3.47. The molecule has 0 spiro atoms. The Bertz CT molecular complexity index is 1150. The highest BCUT2D eigenvalue weighted by atomic mass is 16.5. The predicted octanol–water partition coefficient (Wildman–Crippen LogP) is 5.47. The molecule has 4 aromatic carbocycles. The minimum absolute atomic E-state index is 0.0710. The lowest BCUT2D eigenvalue weighted by Crippen LogP contribution is -2.11. The molecule has 0 bridgehead atoms. The van der Waals surface area contributed by atoms with Crippen LogP contribution in [0.4, 0.5) is 0 Å². The fraction of sp³-hybridized carbons (Fsp3) is 0.0417. The minimum Gasteiger partial charge on any atom is -0.507 e. The maximum atomic E-state index is 12.9. The molecule has 0 saturated heterocycles. The first kappa shape index (κ1) is 15.6. The molecule has 0 saturated carbocycles. The molecule has 1 N–H and O–H groups in total. The highest BCUT2D eigenvalue weighted by Gasteiger charge is 2.31. The third kappa shape index (κ3) is 2.48. The van der Waals surface area contributed by atoms with E-state index in [4.69, 9.17) is 4.74 Å². The van der Waals surface area contributed by atoms with Gasteiger partial charge in [0.05, 0.1) is 0 Å². The number of phenols is 1. The summed E-state index contributed by atoms with van der Waals surface area (Å²) in [5, 5.41) is 12.1. The molecule has 3 nitrogen and oxygen atoms in total. The van der Waals surface area contributed by atoms with E-state index in [0.29, 0.717) is 0 Å². The zero-order valence-corrected chi connectivity index (χ0v) is 14.4. The molecule has 1 aliphatic carbocycles. The number of fused-ring (bicyclic) bond motifs is 4. The van der Waals surface area contributed by atoms with Crippen LogP contribution in [0.25, 0.3) is 21.9 Å². The lowest BCUT2D eigenvalue weighted by molar-refractivity contribution is 0.0383. The summed E-state index contributed by atoms with van der Waals surface area (Å²) >= 11 is 0. The molecule has 130 valence electrons. The maximum Gasteiger partial charge on any atom is 0.342 e. The molecule has 0 aliphatic heterocycles. The fourth-order valence-electron chi connectivity index (χ4n) is 3.80. The molecule has 4 aromatic rings. The van der Waals surface area contributed by atoms with Crippen molar-refractivity contribution < 1.29 is 14.6 Å². The van der Waals surface area contributed by atoms with Crippen molar-refractivity contribution in [3.63, 3.8) is 0 Å². The molecule has 0 unspecified atom stereocenters. The Morgan fingerprint density at radius 1 is 0.741 bits per heavy atom. The number of ether oxygens (including phenoxy) is 1. The quantitative estimate of drug-likeness (QED) is 0.487. The van der Waals surface area contributed by atoms with Crippen LogP contribution >= 0.6 is 0 Å². The highest BCUT2D eigenvalue weighted by Crippen LogP contribution is 2.45. The van der Waals surface area contributed by atoms with Gasteiger partial charge in [-0.1, -0.05) is 72.8 Å². The molecule has 5 rings (SSSR count). The Morgan fingerprint density at radius 2 is 1.26 bits per heavy atom. The maximum absolute atomic E-state index is 12.9. The summed E-state index contributed by atoms with van der Waals surface area (Å²) in [5.74, 6) is -0.604. The smallest absolute Gasteiger partial charge is 0.342 e. The van der Waals surface area contributed by atoms with Gasteiger partial charge in [0.2, 0.25) is 0 Å². The molecule has 3 heteroatoms. The van der Waals surface area contributed by atoms with Gasteiger partial charge in [0.15, 0.2) is 6.10 Å². The minimum atomic E-state index is -0.533. The average Bonchev–Trinajstić information content (AvgIpc) is 3.01. The van der Waals surface area contributed by atoms with Gasteiger partial charge in [-0.05, 0) is 34.0 Å². The van der Waals surface area contributed by atoms with E-state index in [2.05, 4.69) is 0 Å². The molecule has 1 aliphatic rings. The van der Waals surface area contributed by atoms with Crippen LogP contribution in [0.2, 0.25) is 0 Å². The van der Waals surface area contributed by atoms with E-state index in [9.17, 15) is 9.90 Å². The second-order valence-electron chi connectivity index (χ2n) is 6.68.